The van der Waals surface area contributed by atoms with Gasteiger partial charge in [-0.1, -0.05) is 0 Å². The lowest BCUT2D eigenvalue weighted by Crippen LogP contribution is -2.31. The molecule has 17 heavy (non-hydrogen) atoms. The van der Waals surface area contributed by atoms with E-state index in [2.05, 4.69) is 10.3 Å². The fourth-order valence-corrected chi connectivity index (χ4v) is 2.60. The maximum atomic E-state index is 11.8. The Morgan fingerprint density at radius 2 is 2.18 bits per heavy atom. The number of aromatic amines is 1. The van der Waals surface area contributed by atoms with Crippen LogP contribution in [-0.2, 0) is 6.42 Å². The molecule has 0 atom stereocenters. The number of amides is 1. The van der Waals surface area contributed by atoms with Crippen molar-refractivity contribution in [1.29, 1.82) is 0 Å². The third-order valence-corrected chi connectivity index (χ3v) is 3.37. The second kappa shape index (κ2) is 2.91. The second-order valence-electron chi connectivity index (χ2n) is 4.31. The highest BCUT2D eigenvalue weighted by molar-refractivity contribution is 6.10. The molecule has 3 heterocycles. The van der Waals surface area contributed by atoms with Gasteiger partial charge in [0.05, 0.1) is 11.8 Å². The van der Waals surface area contributed by atoms with Crippen molar-refractivity contribution in [2.24, 2.45) is 0 Å². The van der Waals surface area contributed by atoms with Crippen LogP contribution < -0.4 is 5.32 Å². The van der Waals surface area contributed by atoms with Gasteiger partial charge in [-0.3, -0.25) is 4.79 Å². The standard InChI is InChI=1S/C13H10N2O2/c16-13-11-8(3-5-14-13)10-9(15-11)2-1-7-4-6-17-12(7)10/h1-2,4,6,15H,3,5H2,(H,14,16). The van der Waals surface area contributed by atoms with Crippen LogP contribution in [0.2, 0.25) is 0 Å². The zero-order valence-corrected chi connectivity index (χ0v) is 9.04. The molecule has 1 aliphatic heterocycles. The van der Waals surface area contributed by atoms with Crippen LogP contribution in [0.15, 0.2) is 28.9 Å². The molecule has 0 unspecified atom stereocenters. The SMILES string of the molecule is O=C1NCCc2c1[nH]c1ccc3ccoc3c21. The smallest absolute Gasteiger partial charge is 0.268 e. The lowest BCUT2D eigenvalue weighted by molar-refractivity contribution is 0.0942. The fraction of sp³-hybridized carbons (Fsp3) is 0.154. The fourth-order valence-electron chi connectivity index (χ4n) is 2.60. The van der Waals surface area contributed by atoms with Gasteiger partial charge >= 0.3 is 0 Å². The molecule has 3 aromatic rings. The minimum atomic E-state index is -0.0258. The highest BCUT2D eigenvalue weighted by atomic mass is 16.3. The zero-order valence-electron chi connectivity index (χ0n) is 9.04. The molecule has 4 rings (SSSR count). The van der Waals surface area contributed by atoms with Crippen molar-refractivity contribution in [3.63, 3.8) is 0 Å². The number of nitrogens with one attached hydrogen (secondary N) is 2. The van der Waals surface area contributed by atoms with E-state index in [1.165, 1.54) is 0 Å². The normalized spacial score (nSPS) is 15.2. The number of benzene rings is 1. The number of carbonyl (C=O) groups is 1. The van der Waals surface area contributed by atoms with Gasteiger partial charge in [-0.15, -0.1) is 0 Å². The Morgan fingerprint density at radius 3 is 3.12 bits per heavy atom. The van der Waals surface area contributed by atoms with Crippen LogP contribution >= 0.6 is 0 Å². The molecule has 1 aromatic carbocycles. The number of fused-ring (bicyclic) bond motifs is 5. The topological polar surface area (TPSA) is 58.0 Å². The molecule has 2 aromatic heterocycles. The van der Waals surface area contributed by atoms with Crippen molar-refractivity contribution in [1.82, 2.24) is 10.3 Å². The summed E-state index contributed by atoms with van der Waals surface area (Å²) in [6, 6.07) is 5.94. The van der Waals surface area contributed by atoms with Crippen LogP contribution in [0, 0.1) is 0 Å². The van der Waals surface area contributed by atoms with Crippen molar-refractivity contribution >= 4 is 27.8 Å². The lowest BCUT2D eigenvalue weighted by atomic mass is 10.0. The number of hydrogen-bond acceptors (Lipinski definition) is 2. The Labute approximate surface area is 96.6 Å². The van der Waals surface area contributed by atoms with E-state index in [-0.39, 0.29) is 5.91 Å². The van der Waals surface area contributed by atoms with E-state index in [1.54, 1.807) is 6.26 Å². The van der Waals surface area contributed by atoms with Crippen LogP contribution in [-0.4, -0.2) is 17.4 Å². The number of aromatic nitrogens is 1. The van der Waals surface area contributed by atoms with Gasteiger partial charge in [-0.25, -0.2) is 0 Å². The van der Waals surface area contributed by atoms with Gasteiger partial charge in [0.25, 0.3) is 5.91 Å². The van der Waals surface area contributed by atoms with Crippen LogP contribution in [0.3, 0.4) is 0 Å². The average molecular weight is 226 g/mol. The maximum Gasteiger partial charge on any atom is 0.268 e. The molecule has 4 nitrogen and oxygen atoms in total. The number of rotatable bonds is 0. The van der Waals surface area contributed by atoms with Gasteiger partial charge in [0.15, 0.2) is 0 Å². The summed E-state index contributed by atoms with van der Waals surface area (Å²) in [6.07, 6.45) is 2.54. The third-order valence-electron chi connectivity index (χ3n) is 3.37. The summed E-state index contributed by atoms with van der Waals surface area (Å²) in [6.45, 7) is 0.690. The molecule has 0 aliphatic carbocycles. The number of H-pyrrole nitrogens is 1. The van der Waals surface area contributed by atoms with E-state index in [1.807, 2.05) is 18.2 Å². The average Bonchev–Trinajstić information content (AvgIpc) is 2.91. The van der Waals surface area contributed by atoms with Gasteiger partial charge in [0.1, 0.15) is 11.3 Å². The third kappa shape index (κ3) is 1.04. The largest absolute Gasteiger partial charge is 0.464 e. The van der Waals surface area contributed by atoms with Crippen LogP contribution in [0.25, 0.3) is 21.9 Å². The van der Waals surface area contributed by atoms with E-state index in [0.717, 1.165) is 33.9 Å². The van der Waals surface area contributed by atoms with Crippen molar-refractivity contribution in [2.75, 3.05) is 6.54 Å². The summed E-state index contributed by atoms with van der Waals surface area (Å²) < 4.78 is 5.54. The number of carbonyl (C=O) groups excluding carboxylic acids is 1. The molecule has 2 N–H and O–H groups in total. The van der Waals surface area contributed by atoms with E-state index in [4.69, 9.17) is 4.42 Å². The molecule has 0 spiro atoms. The Kier molecular flexibility index (Phi) is 1.52. The predicted molar refractivity (Wildman–Crippen MR) is 64.1 cm³/mol. The van der Waals surface area contributed by atoms with Crippen molar-refractivity contribution in [3.05, 3.63) is 35.7 Å². The zero-order chi connectivity index (χ0) is 11.4. The van der Waals surface area contributed by atoms with Gasteiger partial charge < -0.3 is 14.7 Å². The second-order valence-corrected chi connectivity index (χ2v) is 4.31. The number of furan rings is 1. The molecule has 0 saturated heterocycles. The monoisotopic (exact) mass is 226 g/mol. The first-order valence-corrected chi connectivity index (χ1v) is 5.63. The first-order chi connectivity index (χ1) is 8.34. The molecule has 84 valence electrons. The molecule has 1 amide bonds. The Bertz CT molecular complexity index is 751. The molecule has 0 bridgehead atoms. The van der Waals surface area contributed by atoms with E-state index in [9.17, 15) is 4.79 Å². The highest BCUT2D eigenvalue weighted by Gasteiger charge is 2.23. The molecule has 0 saturated carbocycles. The van der Waals surface area contributed by atoms with Crippen molar-refractivity contribution in [2.45, 2.75) is 6.42 Å². The van der Waals surface area contributed by atoms with Gasteiger partial charge in [-0.05, 0) is 30.2 Å². The minimum Gasteiger partial charge on any atom is -0.464 e. The molecule has 0 radical (unpaired) electrons. The summed E-state index contributed by atoms with van der Waals surface area (Å²) in [7, 11) is 0. The van der Waals surface area contributed by atoms with E-state index < -0.39 is 0 Å². The Balaban J connectivity index is 2.22. The minimum absolute atomic E-state index is 0.0258. The molecule has 0 fully saturated rings. The summed E-state index contributed by atoms with van der Waals surface area (Å²) in [5, 5.41) is 4.97. The summed E-state index contributed by atoms with van der Waals surface area (Å²) >= 11 is 0. The van der Waals surface area contributed by atoms with E-state index in [0.29, 0.717) is 12.2 Å². The van der Waals surface area contributed by atoms with Crippen LogP contribution in [0.5, 0.6) is 0 Å². The summed E-state index contributed by atoms with van der Waals surface area (Å²) in [5.74, 6) is -0.0258. The first kappa shape index (κ1) is 8.87. The Morgan fingerprint density at radius 1 is 1.24 bits per heavy atom. The predicted octanol–water partition coefficient (Wildman–Crippen LogP) is 2.20. The highest BCUT2D eigenvalue weighted by Crippen LogP contribution is 2.32. The summed E-state index contributed by atoms with van der Waals surface area (Å²) in [4.78, 5) is 14.9. The van der Waals surface area contributed by atoms with Crippen molar-refractivity contribution < 1.29 is 9.21 Å². The van der Waals surface area contributed by atoms with Crippen LogP contribution in [0.1, 0.15) is 16.1 Å². The molecule has 1 aliphatic rings. The Hall–Kier alpha value is -2.23. The van der Waals surface area contributed by atoms with Crippen molar-refractivity contribution in [3.8, 4) is 0 Å². The van der Waals surface area contributed by atoms with Gasteiger partial charge in [0.2, 0.25) is 0 Å². The van der Waals surface area contributed by atoms with E-state index >= 15 is 0 Å². The van der Waals surface area contributed by atoms with Gasteiger partial charge in [0, 0.05) is 17.3 Å². The van der Waals surface area contributed by atoms with Gasteiger partial charge in [-0.2, -0.15) is 0 Å². The quantitative estimate of drug-likeness (QED) is 0.617. The molecular formula is C13H10N2O2. The lowest BCUT2D eigenvalue weighted by Gasteiger charge is -2.11. The number of hydrogen-bond donors (Lipinski definition) is 2. The van der Waals surface area contributed by atoms with Crippen LogP contribution in [0.4, 0.5) is 0 Å². The summed E-state index contributed by atoms with van der Waals surface area (Å²) in [5.41, 5.74) is 3.59. The molecular weight excluding hydrogens is 216 g/mol. The maximum absolute atomic E-state index is 11.8. The first-order valence-electron chi connectivity index (χ1n) is 5.63. The molecule has 4 heteroatoms.